The number of thiophene rings is 1. The lowest BCUT2D eigenvalue weighted by Crippen LogP contribution is -2.40. The molecule has 36 heavy (non-hydrogen) atoms. The van der Waals surface area contributed by atoms with Gasteiger partial charge in [-0.2, -0.15) is 5.10 Å². The Bertz CT molecular complexity index is 1690. The summed E-state index contributed by atoms with van der Waals surface area (Å²) in [5.41, 5.74) is 0.348. The predicted octanol–water partition coefficient (Wildman–Crippen LogP) is 2.22. The van der Waals surface area contributed by atoms with E-state index in [4.69, 9.17) is 4.98 Å². The summed E-state index contributed by atoms with van der Waals surface area (Å²) in [5.74, 6) is 0. The number of hydrogen-bond acceptors (Lipinski definition) is 8. The van der Waals surface area contributed by atoms with Gasteiger partial charge >= 0.3 is 5.69 Å². The molecule has 2 aliphatic rings. The summed E-state index contributed by atoms with van der Waals surface area (Å²) in [6, 6.07) is 1.40. The van der Waals surface area contributed by atoms with E-state index in [9.17, 15) is 18.0 Å². The molecular weight excluding hydrogens is 520 g/mol. The fourth-order valence-electron chi connectivity index (χ4n) is 4.60. The third-order valence-electron chi connectivity index (χ3n) is 6.80. The Morgan fingerprint density at radius 2 is 1.89 bits per heavy atom. The predicted molar refractivity (Wildman–Crippen MR) is 138 cm³/mol. The first-order valence-corrected chi connectivity index (χ1v) is 15.0. The fraction of sp³-hybridized carbons (Fsp3) is 0.478. The molecule has 0 aliphatic heterocycles. The molecule has 0 radical (unpaired) electrons. The van der Waals surface area contributed by atoms with E-state index >= 15 is 0 Å². The molecule has 0 bridgehead atoms. The lowest BCUT2D eigenvalue weighted by Gasteiger charge is -2.10. The Morgan fingerprint density at radius 1 is 1.11 bits per heavy atom. The van der Waals surface area contributed by atoms with Crippen molar-refractivity contribution in [1.29, 1.82) is 0 Å². The number of fused-ring (bicyclic) bond motifs is 2. The van der Waals surface area contributed by atoms with Gasteiger partial charge in [0.1, 0.15) is 14.0 Å². The highest BCUT2D eigenvalue weighted by molar-refractivity contribution is 7.91. The van der Waals surface area contributed by atoms with Gasteiger partial charge in [0.05, 0.1) is 30.4 Å². The minimum Gasteiger partial charge on any atom is -0.277 e. The van der Waals surface area contributed by atoms with Crippen molar-refractivity contribution in [2.75, 3.05) is 0 Å². The molecule has 4 aromatic heterocycles. The van der Waals surface area contributed by atoms with Crippen LogP contribution in [0.15, 0.2) is 32.3 Å². The van der Waals surface area contributed by atoms with Gasteiger partial charge in [0.25, 0.3) is 15.6 Å². The van der Waals surface area contributed by atoms with Crippen LogP contribution < -0.4 is 16.0 Å². The molecule has 190 valence electrons. The minimum absolute atomic E-state index is 0.0356. The fourth-order valence-corrected chi connectivity index (χ4v) is 8.65. The molecule has 1 saturated carbocycles. The zero-order valence-corrected chi connectivity index (χ0v) is 22.4. The molecule has 0 spiro atoms. The molecule has 0 aromatic carbocycles. The van der Waals surface area contributed by atoms with E-state index in [1.54, 1.807) is 35.5 Å². The zero-order valence-electron chi connectivity index (χ0n) is 20.0. The van der Waals surface area contributed by atoms with Gasteiger partial charge in [-0.15, -0.1) is 22.7 Å². The molecule has 0 saturated heterocycles. The second-order valence-corrected chi connectivity index (χ2v) is 14.0. The largest absolute Gasteiger partial charge is 0.332 e. The van der Waals surface area contributed by atoms with Gasteiger partial charge in [0.2, 0.25) is 0 Å². The highest BCUT2D eigenvalue weighted by Crippen LogP contribution is 2.37. The second-order valence-electron chi connectivity index (χ2n) is 9.92. The van der Waals surface area contributed by atoms with Crippen LogP contribution in [-0.2, 0) is 43.0 Å². The summed E-state index contributed by atoms with van der Waals surface area (Å²) >= 11 is 2.56. The van der Waals surface area contributed by atoms with E-state index in [-0.39, 0.29) is 22.7 Å². The molecule has 0 atom stereocenters. The average molecular weight is 547 g/mol. The standard InChI is InChI=1S/C23H26N6O4S3/c1-23(7-8-23)26-36(32,33)19-9-15-20(30)28(12-14-10-24-27(2)11-14)22(31)29(21(15)35-19)13-18-25-16-5-3-4-6-17(16)34-18/h9-11,26H,3-8,12-13H2,1-2H3. The van der Waals surface area contributed by atoms with Crippen LogP contribution in [0.3, 0.4) is 0 Å². The van der Waals surface area contributed by atoms with E-state index in [0.29, 0.717) is 10.4 Å². The van der Waals surface area contributed by atoms with Gasteiger partial charge in [-0.3, -0.25) is 18.6 Å². The molecule has 2 aliphatic carbocycles. The highest BCUT2D eigenvalue weighted by Gasteiger charge is 2.42. The number of rotatable bonds is 7. The van der Waals surface area contributed by atoms with Crippen LogP contribution in [0.5, 0.6) is 0 Å². The first kappa shape index (κ1) is 23.8. The molecule has 1 N–H and O–H groups in total. The smallest absolute Gasteiger partial charge is 0.277 e. The summed E-state index contributed by atoms with van der Waals surface area (Å²) < 4.78 is 33.3. The maximum Gasteiger partial charge on any atom is 0.332 e. The lowest BCUT2D eigenvalue weighted by atomic mass is 10.0. The molecule has 6 rings (SSSR count). The van der Waals surface area contributed by atoms with Gasteiger partial charge in [-0.05, 0) is 51.5 Å². The third kappa shape index (κ3) is 4.27. The summed E-state index contributed by atoms with van der Waals surface area (Å²) in [7, 11) is -2.06. The van der Waals surface area contributed by atoms with E-state index < -0.39 is 26.8 Å². The summed E-state index contributed by atoms with van der Waals surface area (Å²) in [6.45, 7) is 2.09. The van der Waals surface area contributed by atoms with E-state index in [2.05, 4.69) is 9.82 Å². The Labute approximate surface area is 215 Å². The zero-order chi connectivity index (χ0) is 25.2. The third-order valence-corrected chi connectivity index (χ3v) is 11.2. The number of hydrogen-bond donors (Lipinski definition) is 1. The molecule has 0 amide bonds. The van der Waals surface area contributed by atoms with E-state index in [1.807, 2.05) is 6.92 Å². The lowest BCUT2D eigenvalue weighted by molar-refractivity contribution is 0.560. The Morgan fingerprint density at radius 3 is 2.58 bits per heavy atom. The molecule has 4 aromatic rings. The second kappa shape index (κ2) is 8.47. The van der Waals surface area contributed by atoms with Gasteiger partial charge in [0.15, 0.2) is 0 Å². The molecule has 4 heterocycles. The number of aromatic nitrogens is 5. The maximum atomic E-state index is 13.7. The van der Waals surface area contributed by atoms with Crippen molar-refractivity contribution in [3.8, 4) is 0 Å². The number of nitrogens with zero attached hydrogens (tertiary/aromatic N) is 5. The van der Waals surface area contributed by atoms with Crippen LogP contribution in [0.1, 0.15) is 53.7 Å². The van der Waals surface area contributed by atoms with Gasteiger partial charge in [0, 0.05) is 29.2 Å². The number of nitrogens with one attached hydrogen (secondary N) is 1. The quantitative estimate of drug-likeness (QED) is 0.380. The van der Waals surface area contributed by atoms with Crippen molar-refractivity contribution >= 4 is 42.9 Å². The molecule has 0 unspecified atom stereocenters. The van der Waals surface area contributed by atoms with E-state index in [0.717, 1.165) is 65.1 Å². The number of thiazole rings is 1. The van der Waals surface area contributed by atoms with Crippen LogP contribution >= 0.6 is 22.7 Å². The summed E-state index contributed by atoms with van der Waals surface area (Å²) in [5, 5.41) is 5.14. The highest BCUT2D eigenvalue weighted by atomic mass is 32.2. The van der Waals surface area contributed by atoms with Crippen LogP contribution in [-0.4, -0.2) is 37.9 Å². The van der Waals surface area contributed by atoms with Gasteiger partial charge in [-0.25, -0.2) is 22.9 Å². The van der Waals surface area contributed by atoms with Crippen LogP contribution in [0, 0.1) is 0 Å². The molecule has 1 fully saturated rings. The SMILES string of the molecule is Cn1cc(Cn2c(=O)c3cc(S(=O)(=O)NC4(C)CC4)sc3n(Cc3nc4c(s3)CCCC4)c2=O)cn1. The topological polar surface area (TPSA) is 121 Å². The van der Waals surface area contributed by atoms with Crippen molar-refractivity contribution in [1.82, 2.24) is 28.6 Å². The Kier molecular flexibility index (Phi) is 5.59. The normalized spacial score (nSPS) is 16.9. The first-order chi connectivity index (χ1) is 17.1. The van der Waals surface area contributed by atoms with Crippen LogP contribution in [0.4, 0.5) is 0 Å². The maximum absolute atomic E-state index is 13.7. The Hall–Kier alpha value is -2.61. The van der Waals surface area contributed by atoms with Crippen molar-refractivity contribution in [3.05, 3.63) is 60.4 Å². The summed E-state index contributed by atoms with van der Waals surface area (Å²) in [4.78, 5) is 33.5. The van der Waals surface area contributed by atoms with Gasteiger partial charge in [-0.1, -0.05) is 0 Å². The summed E-state index contributed by atoms with van der Waals surface area (Å²) in [6.07, 6.45) is 9.06. The monoisotopic (exact) mass is 546 g/mol. The van der Waals surface area contributed by atoms with Crippen molar-refractivity contribution < 1.29 is 8.42 Å². The van der Waals surface area contributed by atoms with Gasteiger partial charge < -0.3 is 0 Å². The molecule has 13 heteroatoms. The number of sulfonamides is 1. The van der Waals surface area contributed by atoms with Crippen LogP contribution in [0.25, 0.3) is 10.2 Å². The first-order valence-electron chi connectivity index (χ1n) is 11.9. The number of aryl methyl sites for hydroxylation is 3. The van der Waals surface area contributed by atoms with Crippen molar-refractivity contribution in [2.24, 2.45) is 7.05 Å². The molecular formula is C23H26N6O4S3. The molecule has 10 nitrogen and oxygen atoms in total. The Balaban J connectivity index is 1.50. The van der Waals surface area contributed by atoms with Crippen molar-refractivity contribution in [2.45, 2.75) is 68.3 Å². The van der Waals surface area contributed by atoms with E-state index in [1.165, 1.54) is 15.5 Å². The van der Waals surface area contributed by atoms with Crippen LogP contribution in [0.2, 0.25) is 0 Å². The van der Waals surface area contributed by atoms with Crippen molar-refractivity contribution in [3.63, 3.8) is 0 Å². The minimum atomic E-state index is -3.83. The average Bonchev–Trinajstić information content (AvgIpc) is 3.21.